The van der Waals surface area contributed by atoms with Gasteiger partial charge in [-0.25, -0.2) is 0 Å². The van der Waals surface area contributed by atoms with Crippen LogP contribution >= 0.6 is 0 Å². The van der Waals surface area contributed by atoms with Gasteiger partial charge in [0.05, 0.1) is 5.56 Å². The molecule has 0 bridgehead atoms. The van der Waals surface area contributed by atoms with E-state index in [1.165, 1.54) is 6.07 Å². The summed E-state index contributed by atoms with van der Waals surface area (Å²) in [5.41, 5.74) is 0.576. The number of anilines is 1. The molecule has 5 heteroatoms. The SMILES string of the molecule is FC(F)(F)c1cc(CNC2CC2)ccc1N1CCCCC1. The zero-order valence-electron chi connectivity index (χ0n) is 12.0. The van der Waals surface area contributed by atoms with Crippen molar-refractivity contribution in [3.63, 3.8) is 0 Å². The molecule has 3 rings (SSSR count). The van der Waals surface area contributed by atoms with Gasteiger partial charge in [0.15, 0.2) is 0 Å². The fourth-order valence-corrected chi connectivity index (χ4v) is 2.88. The average molecular weight is 298 g/mol. The Morgan fingerprint density at radius 1 is 1.10 bits per heavy atom. The van der Waals surface area contributed by atoms with Crippen molar-refractivity contribution in [2.75, 3.05) is 18.0 Å². The van der Waals surface area contributed by atoms with Crippen LogP contribution in [-0.2, 0) is 12.7 Å². The van der Waals surface area contributed by atoms with Crippen molar-refractivity contribution in [3.05, 3.63) is 29.3 Å². The molecule has 1 aromatic rings. The third-order valence-electron chi connectivity index (χ3n) is 4.24. The third kappa shape index (κ3) is 3.70. The Kier molecular flexibility index (Phi) is 4.11. The van der Waals surface area contributed by atoms with Crippen molar-refractivity contribution in [2.45, 2.75) is 50.9 Å². The van der Waals surface area contributed by atoms with Crippen molar-refractivity contribution in [1.29, 1.82) is 0 Å². The zero-order valence-corrected chi connectivity index (χ0v) is 12.0. The Hall–Kier alpha value is -1.23. The molecule has 1 aliphatic carbocycles. The van der Waals surface area contributed by atoms with Gasteiger partial charge in [-0.05, 0) is 49.8 Å². The van der Waals surface area contributed by atoms with Gasteiger partial charge in [0.25, 0.3) is 0 Å². The van der Waals surface area contributed by atoms with Gasteiger partial charge in [0.1, 0.15) is 0 Å². The van der Waals surface area contributed by atoms with E-state index < -0.39 is 11.7 Å². The lowest BCUT2D eigenvalue weighted by atomic mass is 10.0. The molecule has 1 heterocycles. The zero-order chi connectivity index (χ0) is 14.9. The molecule has 1 saturated heterocycles. The lowest BCUT2D eigenvalue weighted by molar-refractivity contribution is -0.137. The molecule has 0 amide bonds. The highest BCUT2D eigenvalue weighted by Gasteiger charge is 2.35. The van der Waals surface area contributed by atoms with E-state index in [4.69, 9.17) is 0 Å². The van der Waals surface area contributed by atoms with Crippen LogP contribution in [0.25, 0.3) is 0 Å². The van der Waals surface area contributed by atoms with Crippen LogP contribution < -0.4 is 10.2 Å². The van der Waals surface area contributed by atoms with Gasteiger partial charge in [0.2, 0.25) is 0 Å². The normalized spacial score (nSPS) is 19.9. The number of nitrogens with zero attached hydrogens (tertiary/aromatic N) is 1. The molecule has 2 fully saturated rings. The van der Waals surface area contributed by atoms with Gasteiger partial charge in [-0.3, -0.25) is 0 Å². The Labute approximate surface area is 123 Å². The number of hydrogen-bond donors (Lipinski definition) is 1. The lowest BCUT2D eigenvalue weighted by Crippen LogP contribution is -2.31. The molecule has 0 unspecified atom stereocenters. The number of benzene rings is 1. The molecule has 1 N–H and O–H groups in total. The van der Waals surface area contributed by atoms with Crippen LogP contribution in [0.5, 0.6) is 0 Å². The van der Waals surface area contributed by atoms with Crippen molar-refractivity contribution in [3.8, 4) is 0 Å². The number of hydrogen-bond acceptors (Lipinski definition) is 2. The van der Waals surface area contributed by atoms with Crippen molar-refractivity contribution >= 4 is 5.69 Å². The second-order valence-corrected chi connectivity index (χ2v) is 6.05. The van der Waals surface area contributed by atoms with E-state index in [2.05, 4.69) is 5.32 Å². The van der Waals surface area contributed by atoms with E-state index in [1.54, 1.807) is 6.07 Å². The van der Waals surface area contributed by atoms with Crippen LogP contribution in [0.2, 0.25) is 0 Å². The summed E-state index contributed by atoms with van der Waals surface area (Å²) in [6, 6.07) is 5.30. The summed E-state index contributed by atoms with van der Waals surface area (Å²) in [6.07, 6.45) is 1.05. The summed E-state index contributed by atoms with van der Waals surface area (Å²) in [5.74, 6) is 0. The molecule has 1 aromatic carbocycles. The number of piperidine rings is 1. The maximum absolute atomic E-state index is 13.3. The summed E-state index contributed by atoms with van der Waals surface area (Å²) in [4.78, 5) is 1.88. The van der Waals surface area contributed by atoms with Crippen LogP contribution in [-0.4, -0.2) is 19.1 Å². The van der Waals surface area contributed by atoms with Gasteiger partial charge in [0, 0.05) is 31.4 Å². The monoisotopic (exact) mass is 298 g/mol. The summed E-state index contributed by atoms with van der Waals surface area (Å²) < 4.78 is 40.0. The molecule has 2 aliphatic rings. The largest absolute Gasteiger partial charge is 0.418 e. The first-order valence-electron chi connectivity index (χ1n) is 7.72. The van der Waals surface area contributed by atoms with E-state index >= 15 is 0 Å². The number of rotatable bonds is 4. The molecule has 1 saturated carbocycles. The predicted octanol–water partition coefficient (Wildman–Crippen LogP) is 3.95. The topological polar surface area (TPSA) is 15.3 Å². The number of alkyl halides is 3. The Bertz CT molecular complexity index is 489. The number of nitrogens with one attached hydrogen (secondary N) is 1. The smallest absolute Gasteiger partial charge is 0.371 e. The first-order valence-corrected chi connectivity index (χ1v) is 7.72. The highest BCUT2D eigenvalue weighted by Crippen LogP contribution is 2.38. The summed E-state index contributed by atoms with van der Waals surface area (Å²) in [5, 5.41) is 3.27. The summed E-state index contributed by atoms with van der Waals surface area (Å²) >= 11 is 0. The van der Waals surface area contributed by atoms with E-state index in [9.17, 15) is 13.2 Å². The van der Waals surface area contributed by atoms with Gasteiger partial charge in [-0.15, -0.1) is 0 Å². The molecule has 116 valence electrons. The molecule has 1 aliphatic heterocycles. The van der Waals surface area contributed by atoms with Crippen LogP contribution in [0.3, 0.4) is 0 Å². The van der Waals surface area contributed by atoms with Crippen molar-refractivity contribution in [2.24, 2.45) is 0 Å². The first-order chi connectivity index (χ1) is 10.0. The quantitative estimate of drug-likeness (QED) is 0.905. The van der Waals surface area contributed by atoms with Gasteiger partial charge in [-0.1, -0.05) is 6.07 Å². The van der Waals surface area contributed by atoms with Gasteiger partial charge in [-0.2, -0.15) is 13.2 Å². The van der Waals surface area contributed by atoms with Gasteiger partial charge < -0.3 is 10.2 Å². The average Bonchev–Trinajstić information content (AvgIpc) is 3.29. The summed E-state index contributed by atoms with van der Waals surface area (Å²) in [6.45, 7) is 1.97. The van der Waals surface area contributed by atoms with Crippen LogP contribution in [0.1, 0.15) is 43.2 Å². The van der Waals surface area contributed by atoms with E-state index in [-0.39, 0.29) is 0 Å². The van der Waals surface area contributed by atoms with E-state index in [1.807, 2.05) is 11.0 Å². The van der Waals surface area contributed by atoms with Crippen LogP contribution in [0.15, 0.2) is 18.2 Å². The van der Waals surface area contributed by atoms with Gasteiger partial charge >= 0.3 is 6.18 Å². The summed E-state index contributed by atoms with van der Waals surface area (Å²) in [7, 11) is 0. The Balaban J connectivity index is 1.83. The highest BCUT2D eigenvalue weighted by atomic mass is 19.4. The fraction of sp³-hybridized carbons (Fsp3) is 0.625. The third-order valence-corrected chi connectivity index (χ3v) is 4.24. The van der Waals surface area contributed by atoms with Crippen LogP contribution in [0.4, 0.5) is 18.9 Å². The molecular weight excluding hydrogens is 277 g/mol. The first kappa shape index (κ1) is 14.7. The lowest BCUT2D eigenvalue weighted by Gasteiger charge is -2.31. The highest BCUT2D eigenvalue weighted by molar-refractivity contribution is 5.56. The van der Waals surface area contributed by atoms with Crippen LogP contribution in [0, 0.1) is 0 Å². The maximum atomic E-state index is 13.3. The van der Waals surface area contributed by atoms with Crippen molar-refractivity contribution < 1.29 is 13.2 Å². The molecule has 2 nitrogen and oxygen atoms in total. The maximum Gasteiger partial charge on any atom is 0.418 e. The minimum absolute atomic E-state index is 0.345. The van der Waals surface area contributed by atoms with E-state index in [0.29, 0.717) is 18.3 Å². The standard InChI is InChI=1S/C16H21F3N2/c17-16(18,19)14-10-12(11-20-13-5-6-13)4-7-15(14)21-8-2-1-3-9-21/h4,7,10,13,20H,1-3,5-6,8-9,11H2. The predicted molar refractivity (Wildman–Crippen MR) is 77.4 cm³/mol. The van der Waals surface area contributed by atoms with Crippen molar-refractivity contribution in [1.82, 2.24) is 5.32 Å². The second kappa shape index (κ2) is 5.87. The second-order valence-electron chi connectivity index (χ2n) is 6.05. The molecular formula is C16H21F3N2. The molecule has 21 heavy (non-hydrogen) atoms. The Morgan fingerprint density at radius 3 is 2.43 bits per heavy atom. The molecule has 0 atom stereocenters. The molecule has 0 spiro atoms. The molecule has 0 radical (unpaired) electrons. The fourth-order valence-electron chi connectivity index (χ4n) is 2.88. The number of halogens is 3. The minimum Gasteiger partial charge on any atom is -0.371 e. The van der Waals surface area contributed by atoms with E-state index in [0.717, 1.165) is 50.8 Å². The molecule has 0 aromatic heterocycles. The Morgan fingerprint density at radius 2 is 1.81 bits per heavy atom. The minimum atomic E-state index is -4.29.